The summed E-state index contributed by atoms with van der Waals surface area (Å²) >= 11 is 0. The molecule has 0 N–H and O–H groups in total. The monoisotopic (exact) mass is 285 g/mol. The molecule has 120 valence electrons. The van der Waals surface area contributed by atoms with E-state index in [4.69, 9.17) is 4.74 Å². The average Bonchev–Trinajstić information content (AvgIpc) is 2.17. The molecule has 0 aromatic carbocycles. The Hall–Kier alpha value is -0.410. The van der Waals surface area contributed by atoms with E-state index in [0.29, 0.717) is 19.6 Å². The second-order valence-electron chi connectivity index (χ2n) is 8.53. The van der Waals surface area contributed by atoms with E-state index in [2.05, 4.69) is 46.4 Å². The van der Waals surface area contributed by atoms with E-state index in [1.807, 2.05) is 20.8 Å². The molecule has 3 nitrogen and oxygen atoms in total. The Kier molecular flexibility index (Phi) is 6.89. The van der Waals surface area contributed by atoms with Crippen molar-refractivity contribution in [2.45, 2.75) is 79.8 Å². The van der Waals surface area contributed by atoms with Gasteiger partial charge in [0.2, 0.25) is 0 Å². The van der Waals surface area contributed by atoms with E-state index >= 15 is 0 Å². The van der Waals surface area contributed by atoms with E-state index in [0.717, 1.165) is 6.54 Å². The molecule has 3 heteroatoms. The van der Waals surface area contributed by atoms with Gasteiger partial charge in [-0.2, -0.15) is 0 Å². The van der Waals surface area contributed by atoms with Crippen LogP contribution < -0.4 is 0 Å². The summed E-state index contributed by atoms with van der Waals surface area (Å²) in [4.78, 5) is 14.2. The number of carbonyl (C=O) groups excluding carboxylic acids is 1. The molecule has 0 rings (SSSR count). The molecule has 0 saturated carbocycles. The normalized spacial score (nSPS) is 13.9. The molecule has 0 spiro atoms. The first-order valence-corrected chi connectivity index (χ1v) is 7.65. The quantitative estimate of drug-likeness (QED) is 0.693. The summed E-state index contributed by atoms with van der Waals surface area (Å²) in [6.45, 7) is 21.3. The van der Waals surface area contributed by atoms with Crippen molar-refractivity contribution in [3.8, 4) is 0 Å². The van der Waals surface area contributed by atoms with Crippen LogP contribution >= 0.6 is 0 Å². The summed E-state index contributed by atoms with van der Waals surface area (Å²) in [5, 5.41) is 0. The van der Waals surface area contributed by atoms with Crippen molar-refractivity contribution >= 4 is 5.78 Å². The molecule has 0 bridgehead atoms. The van der Waals surface area contributed by atoms with Crippen molar-refractivity contribution in [1.29, 1.82) is 0 Å². The molecule has 0 fully saturated rings. The van der Waals surface area contributed by atoms with Crippen LogP contribution in [0.5, 0.6) is 0 Å². The van der Waals surface area contributed by atoms with Crippen molar-refractivity contribution < 1.29 is 9.53 Å². The van der Waals surface area contributed by atoms with Gasteiger partial charge in [-0.25, -0.2) is 0 Å². The Balaban J connectivity index is 4.14. The summed E-state index contributed by atoms with van der Waals surface area (Å²) in [5.74, 6) is 0.265. The van der Waals surface area contributed by atoms with Crippen LogP contribution in [-0.4, -0.2) is 41.5 Å². The topological polar surface area (TPSA) is 29.5 Å². The summed E-state index contributed by atoms with van der Waals surface area (Å²) in [5.41, 5.74) is -0.0299. The van der Waals surface area contributed by atoms with Crippen LogP contribution in [0.3, 0.4) is 0 Å². The molecule has 0 atom stereocenters. The zero-order valence-electron chi connectivity index (χ0n) is 15.1. The highest BCUT2D eigenvalue weighted by atomic mass is 16.5. The second kappa shape index (κ2) is 7.04. The number of carbonyl (C=O) groups is 1. The molecule has 0 radical (unpaired) electrons. The lowest BCUT2D eigenvalue weighted by molar-refractivity contribution is -0.127. The number of ether oxygens (including phenoxy) is 1. The molecule has 0 aromatic rings. The first-order valence-electron chi connectivity index (χ1n) is 7.65. The number of Topliss-reactive ketones (excluding diaryl/α,β-unsaturated/α-hetero) is 1. The van der Waals surface area contributed by atoms with Crippen LogP contribution in [-0.2, 0) is 9.53 Å². The minimum Gasteiger partial charge on any atom is -0.380 e. The molecule has 0 aromatic heterocycles. The van der Waals surface area contributed by atoms with Gasteiger partial charge in [0.15, 0.2) is 0 Å². The van der Waals surface area contributed by atoms with Crippen LogP contribution in [0.25, 0.3) is 0 Å². The van der Waals surface area contributed by atoms with Gasteiger partial charge >= 0.3 is 0 Å². The fourth-order valence-corrected chi connectivity index (χ4v) is 2.47. The standard InChI is InChI=1S/C17H35NO2/c1-15(2,3)14(19)10-12-20-13-11-18(16(4,5)6)17(7,8)9/h10-13H2,1-9H3. The Bertz CT molecular complexity index is 288. The zero-order valence-corrected chi connectivity index (χ0v) is 15.1. The molecule has 0 unspecified atom stereocenters. The van der Waals surface area contributed by atoms with E-state index in [1.54, 1.807) is 0 Å². The number of hydrogen-bond acceptors (Lipinski definition) is 3. The van der Waals surface area contributed by atoms with Gasteiger partial charge in [0.05, 0.1) is 13.2 Å². The van der Waals surface area contributed by atoms with Crippen LogP contribution in [0, 0.1) is 5.41 Å². The predicted octanol–water partition coefficient (Wildman–Crippen LogP) is 3.91. The smallest absolute Gasteiger partial charge is 0.140 e. The second-order valence-corrected chi connectivity index (χ2v) is 8.53. The Morgan fingerprint density at radius 3 is 1.65 bits per heavy atom. The van der Waals surface area contributed by atoms with E-state index < -0.39 is 0 Å². The first-order chi connectivity index (χ1) is 8.76. The summed E-state index contributed by atoms with van der Waals surface area (Å²) in [6, 6.07) is 0. The van der Waals surface area contributed by atoms with Gasteiger partial charge in [-0.05, 0) is 41.5 Å². The lowest BCUT2D eigenvalue weighted by Crippen LogP contribution is -2.53. The van der Waals surface area contributed by atoms with E-state index in [-0.39, 0.29) is 22.3 Å². The Morgan fingerprint density at radius 2 is 1.30 bits per heavy atom. The van der Waals surface area contributed by atoms with Crippen LogP contribution in [0.1, 0.15) is 68.7 Å². The predicted molar refractivity (Wildman–Crippen MR) is 86.1 cm³/mol. The molecular formula is C17H35NO2. The fourth-order valence-electron chi connectivity index (χ4n) is 2.47. The Labute approximate surface area is 126 Å². The van der Waals surface area contributed by atoms with Gasteiger partial charge in [-0.15, -0.1) is 0 Å². The molecule has 0 heterocycles. The van der Waals surface area contributed by atoms with Gasteiger partial charge in [0, 0.05) is 29.5 Å². The average molecular weight is 285 g/mol. The minimum atomic E-state index is -0.258. The third kappa shape index (κ3) is 7.39. The summed E-state index contributed by atoms with van der Waals surface area (Å²) in [7, 11) is 0. The lowest BCUT2D eigenvalue weighted by Gasteiger charge is -2.45. The number of hydrogen-bond donors (Lipinski definition) is 0. The molecular weight excluding hydrogens is 250 g/mol. The number of nitrogens with zero attached hydrogens (tertiary/aromatic N) is 1. The number of rotatable bonds is 6. The maximum atomic E-state index is 11.8. The molecule has 0 aliphatic rings. The van der Waals surface area contributed by atoms with Gasteiger partial charge in [-0.3, -0.25) is 9.69 Å². The fraction of sp³-hybridized carbons (Fsp3) is 0.941. The summed E-state index contributed by atoms with van der Waals surface area (Å²) < 4.78 is 5.66. The molecule has 0 aliphatic carbocycles. The maximum Gasteiger partial charge on any atom is 0.140 e. The molecule has 20 heavy (non-hydrogen) atoms. The minimum absolute atomic E-state index is 0.114. The van der Waals surface area contributed by atoms with E-state index in [1.165, 1.54) is 0 Å². The third-order valence-corrected chi connectivity index (χ3v) is 3.39. The van der Waals surface area contributed by atoms with Gasteiger partial charge in [0.25, 0.3) is 0 Å². The SMILES string of the molecule is CC(C)(C)C(=O)CCOCCN(C(C)(C)C)C(C)(C)C. The van der Waals surface area contributed by atoms with Crippen molar-refractivity contribution in [2.24, 2.45) is 5.41 Å². The van der Waals surface area contributed by atoms with E-state index in [9.17, 15) is 4.79 Å². The maximum absolute atomic E-state index is 11.8. The van der Waals surface area contributed by atoms with Gasteiger partial charge in [-0.1, -0.05) is 20.8 Å². The van der Waals surface area contributed by atoms with Crippen LogP contribution in [0.2, 0.25) is 0 Å². The van der Waals surface area contributed by atoms with Crippen molar-refractivity contribution in [3.05, 3.63) is 0 Å². The molecule has 0 aliphatic heterocycles. The van der Waals surface area contributed by atoms with Gasteiger partial charge in [0.1, 0.15) is 5.78 Å². The first kappa shape index (κ1) is 19.6. The molecule has 0 saturated heterocycles. The molecule has 0 amide bonds. The Morgan fingerprint density at radius 1 is 0.850 bits per heavy atom. The number of ketones is 1. The van der Waals surface area contributed by atoms with Crippen molar-refractivity contribution in [2.75, 3.05) is 19.8 Å². The largest absolute Gasteiger partial charge is 0.380 e. The summed E-state index contributed by atoms with van der Waals surface area (Å²) in [6.07, 6.45) is 0.508. The lowest BCUT2D eigenvalue weighted by atomic mass is 9.89. The van der Waals surface area contributed by atoms with Crippen molar-refractivity contribution in [1.82, 2.24) is 4.90 Å². The van der Waals surface area contributed by atoms with Crippen molar-refractivity contribution in [3.63, 3.8) is 0 Å². The van der Waals surface area contributed by atoms with Crippen LogP contribution in [0.4, 0.5) is 0 Å². The highest BCUT2D eigenvalue weighted by Gasteiger charge is 2.30. The van der Waals surface area contributed by atoms with Crippen LogP contribution in [0.15, 0.2) is 0 Å². The highest BCUT2D eigenvalue weighted by molar-refractivity contribution is 5.83. The highest BCUT2D eigenvalue weighted by Crippen LogP contribution is 2.24. The third-order valence-electron chi connectivity index (χ3n) is 3.39. The zero-order chi connectivity index (χ0) is 16.2. The van der Waals surface area contributed by atoms with Gasteiger partial charge < -0.3 is 4.74 Å².